The van der Waals surface area contributed by atoms with Crippen molar-refractivity contribution < 1.29 is 9.18 Å². The summed E-state index contributed by atoms with van der Waals surface area (Å²) in [5.41, 5.74) is 0. The third-order valence-corrected chi connectivity index (χ3v) is 4.13. The minimum absolute atomic E-state index is 0.211. The standard InChI is InChI=1S/C14H19FN2OS/c1-11-10-17(8-7-16-11)14(18)6-9-19-13-4-2-12(15)3-5-13/h2-5,11,16H,6-10H2,1H3. The highest BCUT2D eigenvalue weighted by Gasteiger charge is 2.19. The van der Waals surface area contributed by atoms with Gasteiger partial charge in [0.1, 0.15) is 5.82 Å². The quantitative estimate of drug-likeness (QED) is 0.859. The molecule has 0 spiro atoms. The van der Waals surface area contributed by atoms with E-state index in [1.54, 1.807) is 23.9 Å². The van der Waals surface area contributed by atoms with E-state index < -0.39 is 0 Å². The second-order valence-electron chi connectivity index (χ2n) is 4.75. The summed E-state index contributed by atoms with van der Waals surface area (Å²) in [6.07, 6.45) is 0.536. The molecule has 1 unspecified atom stereocenters. The highest BCUT2D eigenvalue weighted by molar-refractivity contribution is 7.99. The van der Waals surface area contributed by atoms with Crippen LogP contribution < -0.4 is 5.32 Å². The first kappa shape index (κ1) is 14.3. The number of nitrogens with zero attached hydrogens (tertiary/aromatic N) is 1. The van der Waals surface area contributed by atoms with E-state index in [4.69, 9.17) is 0 Å². The summed E-state index contributed by atoms with van der Waals surface area (Å²) in [4.78, 5) is 14.9. The molecule has 1 aromatic rings. The molecule has 1 atom stereocenters. The van der Waals surface area contributed by atoms with Gasteiger partial charge in [-0.05, 0) is 31.2 Å². The number of halogens is 1. The smallest absolute Gasteiger partial charge is 0.223 e. The number of carbonyl (C=O) groups excluding carboxylic acids is 1. The van der Waals surface area contributed by atoms with Gasteiger partial charge in [-0.15, -0.1) is 11.8 Å². The van der Waals surface area contributed by atoms with Gasteiger partial charge < -0.3 is 10.2 Å². The minimum atomic E-state index is -0.227. The zero-order valence-corrected chi connectivity index (χ0v) is 11.9. The predicted molar refractivity (Wildman–Crippen MR) is 75.8 cm³/mol. The van der Waals surface area contributed by atoms with Gasteiger partial charge in [0.15, 0.2) is 0 Å². The van der Waals surface area contributed by atoms with E-state index in [9.17, 15) is 9.18 Å². The maximum Gasteiger partial charge on any atom is 0.223 e. The lowest BCUT2D eigenvalue weighted by atomic mass is 10.2. The number of hydrogen-bond donors (Lipinski definition) is 1. The second kappa shape index (κ2) is 6.91. The van der Waals surface area contributed by atoms with Crippen LogP contribution in [0.4, 0.5) is 4.39 Å². The molecule has 0 aliphatic carbocycles. The lowest BCUT2D eigenvalue weighted by molar-refractivity contribution is -0.131. The summed E-state index contributed by atoms with van der Waals surface area (Å²) in [5.74, 6) is 0.723. The van der Waals surface area contributed by atoms with Crippen LogP contribution in [-0.2, 0) is 4.79 Å². The molecule has 0 bridgehead atoms. The first-order chi connectivity index (χ1) is 9.15. The Hall–Kier alpha value is -1.07. The molecule has 0 radical (unpaired) electrons. The molecule has 104 valence electrons. The Morgan fingerprint density at radius 3 is 2.89 bits per heavy atom. The largest absolute Gasteiger partial charge is 0.340 e. The molecule has 1 amide bonds. The van der Waals surface area contributed by atoms with Crippen LogP contribution in [0.1, 0.15) is 13.3 Å². The Morgan fingerprint density at radius 2 is 2.21 bits per heavy atom. The van der Waals surface area contributed by atoms with Crippen LogP contribution in [0.25, 0.3) is 0 Å². The van der Waals surface area contributed by atoms with Crippen molar-refractivity contribution in [1.29, 1.82) is 0 Å². The van der Waals surface area contributed by atoms with Crippen LogP contribution in [0.15, 0.2) is 29.2 Å². The van der Waals surface area contributed by atoms with Crippen molar-refractivity contribution in [3.8, 4) is 0 Å². The minimum Gasteiger partial charge on any atom is -0.340 e. The van der Waals surface area contributed by atoms with Crippen molar-refractivity contribution in [3.05, 3.63) is 30.1 Å². The third kappa shape index (κ3) is 4.51. The molecule has 1 aromatic carbocycles. The summed E-state index contributed by atoms with van der Waals surface area (Å²) in [6, 6.07) is 6.77. The number of rotatable bonds is 4. The summed E-state index contributed by atoms with van der Waals surface area (Å²) < 4.78 is 12.7. The van der Waals surface area contributed by atoms with Gasteiger partial charge in [-0.25, -0.2) is 4.39 Å². The Morgan fingerprint density at radius 1 is 1.47 bits per heavy atom. The zero-order chi connectivity index (χ0) is 13.7. The van der Waals surface area contributed by atoms with E-state index >= 15 is 0 Å². The monoisotopic (exact) mass is 282 g/mol. The second-order valence-corrected chi connectivity index (χ2v) is 5.92. The van der Waals surface area contributed by atoms with E-state index in [-0.39, 0.29) is 11.7 Å². The molecule has 1 N–H and O–H groups in total. The topological polar surface area (TPSA) is 32.3 Å². The van der Waals surface area contributed by atoms with Gasteiger partial charge >= 0.3 is 0 Å². The maximum absolute atomic E-state index is 12.7. The molecule has 2 rings (SSSR count). The summed E-state index contributed by atoms with van der Waals surface area (Å²) >= 11 is 1.59. The fraction of sp³-hybridized carbons (Fsp3) is 0.500. The van der Waals surface area contributed by atoms with Crippen LogP contribution in [-0.4, -0.2) is 42.2 Å². The van der Waals surface area contributed by atoms with Crippen molar-refractivity contribution in [3.63, 3.8) is 0 Å². The molecule has 5 heteroatoms. The summed E-state index contributed by atoms with van der Waals surface area (Å²) in [6.45, 7) is 4.55. The number of carbonyl (C=O) groups is 1. The van der Waals surface area contributed by atoms with Gasteiger partial charge in [-0.1, -0.05) is 0 Å². The van der Waals surface area contributed by atoms with Gasteiger partial charge in [0.2, 0.25) is 5.91 Å². The van der Waals surface area contributed by atoms with Gasteiger partial charge in [0, 0.05) is 42.7 Å². The van der Waals surface area contributed by atoms with Crippen molar-refractivity contribution in [2.45, 2.75) is 24.3 Å². The summed E-state index contributed by atoms with van der Waals surface area (Å²) in [7, 11) is 0. The third-order valence-electron chi connectivity index (χ3n) is 3.12. The molecular formula is C14H19FN2OS. The van der Waals surface area contributed by atoms with Crippen LogP contribution in [0.5, 0.6) is 0 Å². The van der Waals surface area contributed by atoms with Crippen molar-refractivity contribution in [2.75, 3.05) is 25.4 Å². The number of amides is 1. The molecule has 1 aliphatic rings. The number of benzene rings is 1. The van der Waals surface area contributed by atoms with Crippen molar-refractivity contribution in [2.24, 2.45) is 0 Å². The van der Waals surface area contributed by atoms with Gasteiger partial charge in [-0.3, -0.25) is 4.79 Å². The molecule has 0 aromatic heterocycles. The van der Waals surface area contributed by atoms with Crippen LogP contribution >= 0.6 is 11.8 Å². The molecule has 1 aliphatic heterocycles. The lowest BCUT2D eigenvalue weighted by Crippen LogP contribution is -2.51. The first-order valence-electron chi connectivity index (χ1n) is 6.54. The molecular weight excluding hydrogens is 263 g/mol. The van der Waals surface area contributed by atoms with Gasteiger partial charge in [0.05, 0.1) is 0 Å². The average Bonchev–Trinajstić information content (AvgIpc) is 2.41. The Bertz CT molecular complexity index is 424. The van der Waals surface area contributed by atoms with E-state index in [1.165, 1.54) is 12.1 Å². The number of thioether (sulfide) groups is 1. The maximum atomic E-state index is 12.7. The van der Waals surface area contributed by atoms with Crippen molar-refractivity contribution in [1.82, 2.24) is 10.2 Å². The van der Waals surface area contributed by atoms with E-state index in [1.807, 2.05) is 4.90 Å². The fourth-order valence-electron chi connectivity index (χ4n) is 2.10. The normalized spacial score (nSPS) is 19.5. The number of hydrogen-bond acceptors (Lipinski definition) is 3. The number of nitrogens with one attached hydrogen (secondary N) is 1. The van der Waals surface area contributed by atoms with E-state index in [0.717, 1.165) is 30.3 Å². The fourth-order valence-corrected chi connectivity index (χ4v) is 2.94. The Labute approximate surface area is 117 Å². The van der Waals surface area contributed by atoms with Gasteiger partial charge in [-0.2, -0.15) is 0 Å². The van der Waals surface area contributed by atoms with E-state index in [2.05, 4.69) is 12.2 Å². The molecule has 3 nitrogen and oxygen atoms in total. The van der Waals surface area contributed by atoms with Crippen LogP contribution in [0.2, 0.25) is 0 Å². The van der Waals surface area contributed by atoms with Crippen molar-refractivity contribution >= 4 is 17.7 Å². The molecule has 1 saturated heterocycles. The first-order valence-corrected chi connectivity index (χ1v) is 7.53. The van der Waals surface area contributed by atoms with Crippen LogP contribution in [0.3, 0.4) is 0 Å². The highest BCUT2D eigenvalue weighted by atomic mass is 32.2. The molecule has 0 saturated carbocycles. The Balaban J connectivity index is 1.73. The lowest BCUT2D eigenvalue weighted by Gasteiger charge is -2.31. The SMILES string of the molecule is CC1CN(C(=O)CCSc2ccc(F)cc2)CCN1. The zero-order valence-electron chi connectivity index (χ0n) is 11.1. The van der Waals surface area contributed by atoms with Crippen LogP contribution in [0, 0.1) is 5.82 Å². The molecule has 1 heterocycles. The molecule has 1 fully saturated rings. The average molecular weight is 282 g/mol. The molecule has 19 heavy (non-hydrogen) atoms. The Kier molecular flexibility index (Phi) is 5.22. The summed E-state index contributed by atoms with van der Waals surface area (Å²) in [5, 5.41) is 3.32. The number of piperazine rings is 1. The van der Waals surface area contributed by atoms with E-state index in [0.29, 0.717) is 12.5 Å². The predicted octanol–water partition coefficient (Wildman–Crippen LogP) is 2.13. The van der Waals surface area contributed by atoms with Gasteiger partial charge in [0.25, 0.3) is 0 Å². The highest BCUT2D eigenvalue weighted by Crippen LogP contribution is 2.19.